The van der Waals surface area contributed by atoms with Crippen LogP contribution in [-0.4, -0.2) is 64.1 Å². The Balaban J connectivity index is 2.08. The van der Waals surface area contributed by atoms with Gasteiger partial charge in [0.05, 0.1) is 16.3 Å². The van der Waals surface area contributed by atoms with Crippen molar-refractivity contribution in [2.45, 2.75) is 51.9 Å². The highest BCUT2D eigenvalue weighted by Gasteiger charge is 2.25. The lowest BCUT2D eigenvalue weighted by Gasteiger charge is -2.31. The Morgan fingerprint density at radius 3 is 2.18 bits per heavy atom. The van der Waals surface area contributed by atoms with Gasteiger partial charge in [-0.15, -0.1) is 0 Å². The largest absolute Gasteiger partial charge is 0.370 e. The summed E-state index contributed by atoms with van der Waals surface area (Å²) in [6.45, 7) is 11.8. The zero-order valence-electron chi connectivity index (χ0n) is 23.4. The minimum absolute atomic E-state index is 0.0134. The van der Waals surface area contributed by atoms with Crippen LogP contribution in [0.4, 0.5) is 22.7 Å². The zero-order valence-corrected chi connectivity index (χ0v) is 24.2. The first-order valence-electron chi connectivity index (χ1n) is 13.3. The smallest absolute Gasteiger partial charge is 0.270 e. The molecule has 1 heterocycles. The summed E-state index contributed by atoms with van der Waals surface area (Å²) in [6.07, 6.45) is 4.81. The van der Waals surface area contributed by atoms with Crippen LogP contribution in [-0.2, 0) is 10.0 Å². The van der Waals surface area contributed by atoms with Gasteiger partial charge in [-0.05, 0) is 55.4 Å². The van der Waals surface area contributed by atoms with E-state index in [0.717, 1.165) is 51.1 Å². The van der Waals surface area contributed by atoms with Crippen LogP contribution in [0.25, 0.3) is 0 Å². The number of benzene rings is 2. The predicted molar refractivity (Wildman–Crippen MR) is 156 cm³/mol. The normalized spacial score (nSPS) is 14.7. The summed E-state index contributed by atoms with van der Waals surface area (Å²) in [6, 6.07) is 10.1. The predicted octanol–water partition coefficient (Wildman–Crippen LogP) is 5.70. The fourth-order valence-corrected chi connectivity index (χ4v) is 5.85. The van der Waals surface area contributed by atoms with Gasteiger partial charge in [0.15, 0.2) is 0 Å². The first-order chi connectivity index (χ1) is 17.9. The summed E-state index contributed by atoms with van der Waals surface area (Å²) in [7, 11) is -0.656. The molecule has 1 aliphatic rings. The third-order valence-corrected chi connectivity index (χ3v) is 8.33. The van der Waals surface area contributed by atoms with E-state index in [1.165, 1.54) is 30.5 Å². The molecule has 10 heteroatoms. The molecule has 3 rings (SSSR count). The van der Waals surface area contributed by atoms with Crippen molar-refractivity contribution >= 4 is 39.0 Å². The Bertz CT molecular complexity index is 1240. The van der Waals surface area contributed by atoms with Gasteiger partial charge < -0.3 is 9.80 Å². The zero-order chi connectivity index (χ0) is 28.0. The van der Waals surface area contributed by atoms with Crippen LogP contribution >= 0.6 is 0 Å². The number of piperidine rings is 1. The quantitative estimate of drug-likeness (QED) is 0.205. The lowest BCUT2D eigenvalue weighted by Crippen LogP contribution is -2.32. The highest BCUT2D eigenvalue weighted by Crippen LogP contribution is 2.33. The minimum Gasteiger partial charge on any atom is -0.370 e. The fraction of sp³-hybridized carbons (Fsp3) is 0.536. The van der Waals surface area contributed by atoms with Crippen molar-refractivity contribution < 1.29 is 13.3 Å². The molecule has 0 bridgehead atoms. The highest BCUT2D eigenvalue weighted by molar-refractivity contribution is 7.89. The Labute approximate surface area is 227 Å². The molecule has 0 aromatic heterocycles. The van der Waals surface area contributed by atoms with Gasteiger partial charge in [0.25, 0.3) is 5.69 Å². The number of nitro benzene ring substituents is 1. The van der Waals surface area contributed by atoms with Gasteiger partial charge in [-0.2, -0.15) is 0 Å². The van der Waals surface area contributed by atoms with Crippen LogP contribution < -0.4 is 9.80 Å². The standard InChI is InChI=1S/C28H41N5O4S/c1-21(2)19-32(20-22(3)4)26-13-11-25(33(34)35)16-23(26)18-29-24-10-12-27(31-14-8-7-9-15-31)28(17-24)38(36,37)30(5)6/h10-13,16-18,21-22H,7-9,14-15,19-20H2,1-6H3. The van der Waals surface area contributed by atoms with Gasteiger partial charge in [-0.3, -0.25) is 15.1 Å². The average molecular weight is 544 g/mol. The molecule has 38 heavy (non-hydrogen) atoms. The molecule has 0 spiro atoms. The Morgan fingerprint density at radius 2 is 1.63 bits per heavy atom. The molecule has 0 saturated carbocycles. The van der Waals surface area contributed by atoms with E-state index in [1.807, 2.05) is 12.1 Å². The molecule has 2 aromatic rings. The molecule has 0 amide bonds. The summed E-state index contributed by atoms with van der Waals surface area (Å²) in [5.74, 6) is 0.796. The summed E-state index contributed by atoms with van der Waals surface area (Å²) < 4.78 is 27.7. The molecule has 0 aliphatic carbocycles. The fourth-order valence-electron chi connectivity index (χ4n) is 4.73. The second-order valence-electron chi connectivity index (χ2n) is 10.9. The van der Waals surface area contributed by atoms with Crippen LogP contribution in [0.2, 0.25) is 0 Å². The molecular weight excluding hydrogens is 502 g/mol. The molecule has 0 unspecified atom stereocenters. The first kappa shape index (κ1) is 29.6. The second kappa shape index (κ2) is 12.7. The second-order valence-corrected chi connectivity index (χ2v) is 13.1. The molecule has 1 fully saturated rings. The maximum Gasteiger partial charge on any atom is 0.270 e. The molecule has 2 aromatic carbocycles. The van der Waals surface area contributed by atoms with Crippen molar-refractivity contribution in [2.24, 2.45) is 16.8 Å². The lowest BCUT2D eigenvalue weighted by atomic mass is 10.1. The van der Waals surface area contributed by atoms with E-state index in [9.17, 15) is 18.5 Å². The summed E-state index contributed by atoms with van der Waals surface area (Å²) in [5, 5.41) is 11.5. The summed E-state index contributed by atoms with van der Waals surface area (Å²) in [4.78, 5) is 20.3. The monoisotopic (exact) mass is 543 g/mol. The third-order valence-electron chi connectivity index (χ3n) is 6.49. The van der Waals surface area contributed by atoms with E-state index >= 15 is 0 Å². The van der Waals surface area contributed by atoms with Crippen molar-refractivity contribution in [3.63, 3.8) is 0 Å². The van der Waals surface area contributed by atoms with E-state index in [2.05, 4.69) is 42.5 Å². The number of nitrogens with zero attached hydrogens (tertiary/aromatic N) is 5. The molecule has 1 aliphatic heterocycles. The molecule has 0 N–H and O–H groups in total. The molecule has 0 radical (unpaired) electrons. The van der Waals surface area contributed by atoms with Gasteiger partial charge >= 0.3 is 0 Å². The topological polar surface area (TPSA) is 99.4 Å². The van der Waals surface area contributed by atoms with Crippen LogP contribution in [0.3, 0.4) is 0 Å². The van der Waals surface area contributed by atoms with Crippen LogP contribution in [0, 0.1) is 22.0 Å². The number of sulfonamides is 1. The Morgan fingerprint density at radius 1 is 1.00 bits per heavy atom. The van der Waals surface area contributed by atoms with E-state index in [-0.39, 0.29) is 10.6 Å². The van der Waals surface area contributed by atoms with E-state index in [1.54, 1.807) is 18.3 Å². The number of hydrogen-bond donors (Lipinski definition) is 0. The molecule has 208 valence electrons. The van der Waals surface area contributed by atoms with Crippen molar-refractivity contribution in [3.8, 4) is 0 Å². The van der Waals surface area contributed by atoms with Crippen molar-refractivity contribution in [2.75, 3.05) is 50.1 Å². The van der Waals surface area contributed by atoms with Crippen molar-refractivity contribution in [3.05, 3.63) is 52.1 Å². The number of hydrogen-bond acceptors (Lipinski definition) is 7. The number of aliphatic imine (C=N–C) groups is 1. The van der Waals surface area contributed by atoms with Crippen molar-refractivity contribution in [1.82, 2.24) is 4.31 Å². The summed E-state index contributed by atoms with van der Waals surface area (Å²) >= 11 is 0. The van der Waals surface area contributed by atoms with Gasteiger partial charge in [0, 0.05) is 69.9 Å². The number of anilines is 2. The average Bonchev–Trinajstić information content (AvgIpc) is 2.86. The first-order valence-corrected chi connectivity index (χ1v) is 14.7. The number of non-ortho nitro benzene ring substituents is 1. The number of nitro groups is 1. The van der Waals surface area contributed by atoms with Gasteiger partial charge in [-0.1, -0.05) is 27.7 Å². The van der Waals surface area contributed by atoms with E-state index in [4.69, 9.17) is 0 Å². The van der Waals surface area contributed by atoms with Crippen LogP contribution in [0.15, 0.2) is 46.3 Å². The molecule has 9 nitrogen and oxygen atoms in total. The van der Waals surface area contributed by atoms with Gasteiger partial charge in [0.2, 0.25) is 10.0 Å². The van der Waals surface area contributed by atoms with Gasteiger partial charge in [0.1, 0.15) is 4.90 Å². The third kappa shape index (κ3) is 7.32. The Kier molecular flexibility index (Phi) is 9.89. The highest BCUT2D eigenvalue weighted by atomic mass is 32.2. The molecular formula is C28H41N5O4S. The molecule has 1 saturated heterocycles. The maximum atomic E-state index is 13.3. The van der Waals surface area contributed by atoms with Crippen LogP contribution in [0.5, 0.6) is 0 Å². The minimum atomic E-state index is -3.71. The van der Waals surface area contributed by atoms with E-state index < -0.39 is 14.9 Å². The van der Waals surface area contributed by atoms with E-state index in [0.29, 0.717) is 28.8 Å². The lowest BCUT2D eigenvalue weighted by molar-refractivity contribution is -0.384. The van der Waals surface area contributed by atoms with Crippen molar-refractivity contribution in [1.29, 1.82) is 0 Å². The number of rotatable bonds is 11. The van der Waals surface area contributed by atoms with Gasteiger partial charge in [-0.25, -0.2) is 12.7 Å². The Hall–Kier alpha value is -2.98. The SMILES string of the molecule is CC(C)CN(CC(C)C)c1ccc([N+](=O)[O-])cc1C=Nc1ccc(N2CCCCC2)c(S(=O)(=O)N(C)C)c1. The van der Waals surface area contributed by atoms with Crippen LogP contribution in [0.1, 0.15) is 52.5 Å². The maximum absolute atomic E-state index is 13.3. The molecule has 0 atom stereocenters. The summed E-state index contributed by atoms with van der Waals surface area (Å²) in [5.41, 5.74) is 2.64.